The van der Waals surface area contributed by atoms with Crippen LogP contribution in [-0.2, 0) is 0 Å². The lowest BCUT2D eigenvalue weighted by Crippen LogP contribution is -2.16. The molecular formula is C23H20N2O4. The quantitative estimate of drug-likeness (QED) is 0.613. The molecule has 0 aliphatic heterocycles. The smallest absolute Gasteiger partial charge is 0.255 e. The van der Waals surface area contributed by atoms with E-state index in [1.165, 1.54) is 20.1 Å². The van der Waals surface area contributed by atoms with Crippen LogP contribution in [0.15, 0.2) is 72.8 Å². The Morgan fingerprint density at radius 2 is 1.34 bits per heavy atom. The third-order valence-corrected chi connectivity index (χ3v) is 4.27. The number of para-hydroxylation sites is 2. The van der Waals surface area contributed by atoms with Crippen molar-refractivity contribution in [1.29, 1.82) is 0 Å². The van der Waals surface area contributed by atoms with Crippen LogP contribution in [0.1, 0.15) is 38.0 Å². The first-order valence-electron chi connectivity index (χ1n) is 8.94. The number of anilines is 2. The highest BCUT2D eigenvalue weighted by Gasteiger charge is 2.13. The molecule has 0 spiro atoms. The molecule has 29 heavy (non-hydrogen) atoms. The Bertz CT molecular complexity index is 1080. The zero-order valence-electron chi connectivity index (χ0n) is 16.1. The maximum absolute atomic E-state index is 12.6. The van der Waals surface area contributed by atoms with Crippen molar-refractivity contribution in [2.24, 2.45) is 0 Å². The van der Waals surface area contributed by atoms with Crippen molar-refractivity contribution in [2.45, 2.75) is 6.92 Å². The van der Waals surface area contributed by atoms with E-state index in [1.54, 1.807) is 66.7 Å². The van der Waals surface area contributed by atoms with Crippen molar-refractivity contribution in [2.75, 3.05) is 17.7 Å². The largest absolute Gasteiger partial charge is 0.495 e. The molecule has 0 saturated heterocycles. The summed E-state index contributed by atoms with van der Waals surface area (Å²) in [6.45, 7) is 1.46. The van der Waals surface area contributed by atoms with Gasteiger partial charge in [0, 0.05) is 22.4 Å². The van der Waals surface area contributed by atoms with Crippen LogP contribution in [0.2, 0.25) is 0 Å². The second-order valence-corrected chi connectivity index (χ2v) is 6.33. The molecule has 0 radical (unpaired) electrons. The van der Waals surface area contributed by atoms with E-state index in [-0.39, 0.29) is 17.6 Å². The minimum atomic E-state index is -0.377. The monoisotopic (exact) mass is 388 g/mol. The maximum Gasteiger partial charge on any atom is 0.255 e. The van der Waals surface area contributed by atoms with Crippen LogP contribution in [-0.4, -0.2) is 24.7 Å². The van der Waals surface area contributed by atoms with Gasteiger partial charge in [0.1, 0.15) is 5.75 Å². The number of methoxy groups -OCH3 is 1. The van der Waals surface area contributed by atoms with Gasteiger partial charge in [-0.15, -0.1) is 0 Å². The summed E-state index contributed by atoms with van der Waals surface area (Å²) in [4.78, 5) is 36.7. The van der Waals surface area contributed by atoms with Gasteiger partial charge in [-0.2, -0.15) is 0 Å². The van der Waals surface area contributed by atoms with Crippen LogP contribution >= 0.6 is 0 Å². The van der Waals surface area contributed by atoms with E-state index in [0.717, 1.165) is 0 Å². The highest BCUT2D eigenvalue weighted by atomic mass is 16.5. The molecule has 0 aliphatic carbocycles. The third-order valence-electron chi connectivity index (χ3n) is 4.27. The molecule has 2 amide bonds. The molecule has 0 aliphatic rings. The molecule has 3 rings (SSSR count). The molecule has 3 aromatic carbocycles. The second kappa shape index (κ2) is 8.84. The topological polar surface area (TPSA) is 84.5 Å². The Hall–Kier alpha value is -3.93. The van der Waals surface area contributed by atoms with E-state index in [0.29, 0.717) is 33.8 Å². The standard InChI is InChI=1S/C23H20N2O4/c1-15(26)16-7-6-10-19(14-16)24-22(27)17-8-5-9-18(13-17)23(28)25-20-11-3-4-12-21(20)29-2/h3-14H,1-2H3,(H,24,27)(H,25,28). The molecular weight excluding hydrogens is 368 g/mol. The van der Waals surface area contributed by atoms with Gasteiger partial charge in [0.2, 0.25) is 0 Å². The number of carbonyl (C=O) groups is 3. The average molecular weight is 388 g/mol. The molecule has 0 unspecified atom stereocenters. The molecule has 0 bridgehead atoms. The number of rotatable bonds is 6. The molecule has 0 saturated carbocycles. The van der Waals surface area contributed by atoms with Crippen molar-refractivity contribution in [3.8, 4) is 5.75 Å². The summed E-state index contributed by atoms with van der Waals surface area (Å²) in [5, 5.41) is 5.53. The number of amides is 2. The fourth-order valence-electron chi connectivity index (χ4n) is 2.76. The van der Waals surface area contributed by atoms with Crippen LogP contribution in [0.5, 0.6) is 5.75 Å². The number of ketones is 1. The van der Waals surface area contributed by atoms with Gasteiger partial charge in [-0.1, -0.05) is 30.3 Å². The van der Waals surface area contributed by atoms with Crippen molar-refractivity contribution >= 4 is 29.0 Å². The summed E-state index contributed by atoms with van der Waals surface area (Å²) in [6.07, 6.45) is 0. The first kappa shape index (κ1) is 19.8. The van der Waals surface area contributed by atoms with Crippen molar-refractivity contribution in [3.63, 3.8) is 0 Å². The van der Waals surface area contributed by atoms with E-state index < -0.39 is 0 Å². The predicted octanol–water partition coefficient (Wildman–Crippen LogP) is 4.40. The second-order valence-electron chi connectivity index (χ2n) is 6.33. The van der Waals surface area contributed by atoms with Crippen molar-refractivity contribution < 1.29 is 19.1 Å². The Balaban J connectivity index is 1.76. The molecule has 146 valence electrons. The lowest BCUT2D eigenvalue weighted by molar-refractivity contribution is 0.100. The molecule has 6 heteroatoms. The van der Waals surface area contributed by atoms with Crippen LogP contribution in [0.3, 0.4) is 0 Å². The van der Waals surface area contributed by atoms with Crippen LogP contribution in [0.25, 0.3) is 0 Å². The number of ether oxygens (including phenoxy) is 1. The lowest BCUT2D eigenvalue weighted by atomic mass is 10.1. The van der Waals surface area contributed by atoms with Crippen LogP contribution in [0, 0.1) is 0 Å². The van der Waals surface area contributed by atoms with Gasteiger partial charge in [-0.25, -0.2) is 0 Å². The van der Waals surface area contributed by atoms with Gasteiger partial charge in [-0.3, -0.25) is 14.4 Å². The van der Waals surface area contributed by atoms with E-state index in [1.807, 2.05) is 0 Å². The number of hydrogen-bond acceptors (Lipinski definition) is 4. The van der Waals surface area contributed by atoms with Crippen LogP contribution < -0.4 is 15.4 Å². The van der Waals surface area contributed by atoms with Crippen molar-refractivity contribution in [1.82, 2.24) is 0 Å². The fourth-order valence-corrected chi connectivity index (χ4v) is 2.76. The number of Topliss-reactive ketones (excluding diaryl/α,β-unsaturated/α-hetero) is 1. The Morgan fingerprint density at radius 3 is 2.03 bits per heavy atom. The Morgan fingerprint density at radius 1 is 0.724 bits per heavy atom. The van der Waals surface area contributed by atoms with Gasteiger partial charge in [0.05, 0.1) is 12.8 Å². The summed E-state index contributed by atoms with van der Waals surface area (Å²) in [5.74, 6) is -0.281. The van der Waals surface area contributed by atoms with Gasteiger partial charge in [0.15, 0.2) is 5.78 Å². The van der Waals surface area contributed by atoms with Gasteiger partial charge < -0.3 is 15.4 Å². The minimum Gasteiger partial charge on any atom is -0.495 e. The van der Waals surface area contributed by atoms with Gasteiger partial charge >= 0.3 is 0 Å². The molecule has 0 aromatic heterocycles. The summed E-state index contributed by atoms with van der Waals surface area (Å²) >= 11 is 0. The predicted molar refractivity (Wildman–Crippen MR) is 112 cm³/mol. The van der Waals surface area contributed by atoms with Gasteiger partial charge in [-0.05, 0) is 49.4 Å². The van der Waals surface area contributed by atoms with E-state index in [2.05, 4.69) is 10.6 Å². The highest BCUT2D eigenvalue weighted by Crippen LogP contribution is 2.24. The van der Waals surface area contributed by atoms with E-state index >= 15 is 0 Å². The Kier molecular flexibility index (Phi) is 6.04. The zero-order valence-corrected chi connectivity index (χ0v) is 16.1. The average Bonchev–Trinajstić information content (AvgIpc) is 2.74. The molecule has 2 N–H and O–H groups in total. The fraction of sp³-hybridized carbons (Fsp3) is 0.0870. The summed E-state index contributed by atoms with van der Waals surface area (Å²) < 4.78 is 5.23. The zero-order chi connectivity index (χ0) is 20.8. The van der Waals surface area contributed by atoms with E-state index in [9.17, 15) is 14.4 Å². The lowest BCUT2D eigenvalue weighted by Gasteiger charge is -2.11. The molecule has 0 fully saturated rings. The van der Waals surface area contributed by atoms with Crippen LogP contribution in [0.4, 0.5) is 11.4 Å². The number of nitrogens with one attached hydrogen (secondary N) is 2. The number of benzene rings is 3. The summed E-state index contributed by atoms with van der Waals surface area (Å²) in [7, 11) is 1.52. The van der Waals surface area contributed by atoms with Crippen molar-refractivity contribution in [3.05, 3.63) is 89.5 Å². The molecule has 0 atom stereocenters. The van der Waals surface area contributed by atoms with E-state index in [4.69, 9.17) is 4.74 Å². The minimum absolute atomic E-state index is 0.0869. The summed E-state index contributed by atoms with van der Waals surface area (Å²) in [5.41, 5.74) is 2.21. The normalized spacial score (nSPS) is 10.1. The molecule has 0 heterocycles. The summed E-state index contributed by atoms with van der Waals surface area (Å²) in [6, 6.07) is 20.1. The number of carbonyl (C=O) groups excluding carboxylic acids is 3. The highest BCUT2D eigenvalue weighted by molar-refractivity contribution is 6.09. The third kappa shape index (κ3) is 4.87. The SMILES string of the molecule is COc1ccccc1NC(=O)c1cccc(C(=O)Nc2cccc(C(C)=O)c2)c1. The first-order valence-corrected chi connectivity index (χ1v) is 8.94. The van der Waals surface area contributed by atoms with Gasteiger partial charge in [0.25, 0.3) is 11.8 Å². The molecule has 6 nitrogen and oxygen atoms in total. The maximum atomic E-state index is 12.6. The number of hydrogen-bond donors (Lipinski definition) is 2. The molecule has 3 aromatic rings. The first-order chi connectivity index (χ1) is 14.0. The Labute approximate surface area is 168 Å².